The minimum absolute atomic E-state index is 0.0241. The van der Waals surface area contributed by atoms with Gasteiger partial charge in [-0.15, -0.1) is 0 Å². The van der Waals surface area contributed by atoms with E-state index in [1.165, 1.54) is 0 Å². The molecule has 0 saturated heterocycles. The molecule has 2 N–H and O–H groups in total. The van der Waals surface area contributed by atoms with Gasteiger partial charge in [0.05, 0.1) is 5.69 Å². The monoisotopic (exact) mass is 301 g/mol. The van der Waals surface area contributed by atoms with Crippen LogP contribution in [0.2, 0.25) is 0 Å². The summed E-state index contributed by atoms with van der Waals surface area (Å²) < 4.78 is 4.89. The van der Waals surface area contributed by atoms with E-state index in [1.807, 2.05) is 13.8 Å². The molecule has 0 spiro atoms. The van der Waals surface area contributed by atoms with Crippen LogP contribution in [0.1, 0.15) is 36.5 Å². The van der Waals surface area contributed by atoms with Gasteiger partial charge in [0, 0.05) is 23.9 Å². The SMILES string of the molecule is Cc1cc(C(=O)Nc2ccc(NC(=O)CC(C)C)cc2)on1. The first-order chi connectivity index (χ1) is 10.4. The van der Waals surface area contributed by atoms with Crippen LogP contribution in [0.25, 0.3) is 0 Å². The van der Waals surface area contributed by atoms with Crippen LogP contribution in [0, 0.1) is 12.8 Å². The zero-order chi connectivity index (χ0) is 16.1. The lowest BCUT2D eigenvalue weighted by molar-refractivity contribution is -0.116. The van der Waals surface area contributed by atoms with Crippen molar-refractivity contribution in [2.24, 2.45) is 5.92 Å². The first kappa shape index (κ1) is 15.8. The summed E-state index contributed by atoms with van der Waals surface area (Å²) >= 11 is 0. The third kappa shape index (κ3) is 4.44. The highest BCUT2D eigenvalue weighted by molar-refractivity contribution is 6.02. The Morgan fingerprint density at radius 2 is 1.73 bits per heavy atom. The van der Waals surface area contributed by atoms with Crippen LogP contribution in [0.15, 0.2) is 34.9 Å². The lowest BCUT2D eigenvalue weighted by atomic mass is 10.1. The van der Waals surface area contributed by atoms with E-state index in [0.717, 1.165) is 0 Å². The zero-order valence-electron chi connectivity index (χ0n) is 12.8. The van der Waals surface area contributed by atoms with E-state index in [9.17, 15) is 9.59 Å². The molecule has 22 heavy (non-hydrogen) atoms. The lowest BCUT2D eigenvalue weighted by Gasteiger charge is -2.08. The molecule has 6 heteroatoms. The Hall–Kier alpha value is -2.63. The predicted octanol–water partition coefficient (Wildman–Crippen LogP) is 3.22. The largest absolute Gasteiger partial charge is 0.351 e. The molecule has 0 fully saturated rings. The Balaban J connectivity index is 1.94. The normalized spacial score (nSPS) is 10.5. The molecular weight excluding hydrogens is 282 g/mol. The fourth-order valence-electron chi connectivity index (χ4n) is 1.88. The Labute approximate surface area is 128 Å². The molecular formula is C16H19N3O3. The summed E-state index contributed by atoms with van der Waals surface area (Å²) in [7, 11) is 0. The van der Waals surface area contributed by atoms with E-state index in [2.05, 4.69) is 15.8 Å². The number of nitrogens with one attached hydrogen (secondary N) is 2. The van der Waals surface area contributed by atoms with Gasteiger partial charge in [0.1, 0.15) is 0 Å². The quantitative estimate of drug-likeness (QED) is 0.888. The van der Waals surface area contributed by atoms with Crippen LogP contribution in [0.4, 0.5) is 11.4 Å². The van der Waals surface area contributed by atoms with Gasteiger partial charge < -0.3 is 15.2 Å². The number of benzene rings is 1. The highest BCUT2D eigenvalue weighted by Crippen LogP contribution is 2.15. The standard InChI is InChI=1S/C16H19N3O3/c1-10(2)8-15(20)17-12-4-6-13(7-5-12)18-16(21)14-9-11(3)19-22-14/h4-7,9-10H,8H2,1-3H3,(H,17,20)(H,18,21). The Bertz CT molecular complexity index is 660. The lowest BCUT2D eigenvalue weighted by Crippen LogP contribution is -2.14. The topological polar surface area (TPSA) is 84.2 Å². The number of anilines is 2. The Morgan fingerprint density at radius 3 is 2.23 bits per heavy atom. The number of nitrogens with zero attached hydrogens (tertiary/aromatic N) is 1. The first-order valence-electron chi connectivity index (χ1n) is 7.08. The van der Waals surface area contributed by atoms with Gasteiger partial charge in [-0.25, -0.2) is 0 Å². The van der Waals surface area contributed by atoms with Crippen LogP contribution in [0.3, 0.4) is 0 Å². The molecule has 0 aliphatic carbocycles. The average molecular weight is 301 g/mol. The van der Waals surface area contributed by atoms with E-state index in [1.54, 1.807) is 37.3 Å². The summed E-state index contributed by atoms with van der Waals surface area (Å²) in [5, 5.41) is 9.17. The first-order valence-corrected chi connectivity index (χ1v) is 7.08. The van der Waals surface area contributed by atoms with E-state index in [0.29, 0.717) is 29.4 Å². The van der Waals surface area contributed by atoms with Gasteiger partial charge in [-0.3, -0.25) is 9.59 Å². The average Bonchev–Trinajstić information content (AvgIpc) is 2.87. The van der Waals surface area contributed by atoms with E-state index >= 15 is 0 Å². The minimum atomic E-state index is -0.364. The molecule has 0 aliphatic heterocycles. The summed E-state index contributed by atoms with van der Waals surface area (Å²) in [5.41, 5.74) is 1.95. The summed E-state index contributed by atoms with van der Waals surface area (Å²) in [6.07, 6.45) is 0.476. The maximum atomic E-state index is 11.9. The molecule has 2 aromatic rings. The third-order valence-corrected chi connectivity index (χ3v) is 2.87. The van der Waals surface area contributed by atoms with Gasteiger partial charge in [-0.2, -0.15) is 0 Å². The number of rotatable bonds is 5. The van der Waals surface area contributed by atoms with Crippen molar-refractivity contribution in [3.05, 3.63) is 41.8 Å². The highest BCUT2D eigenvalue weighted by atomic mass is 16.5. The molecule has 1 aromatic heterocycles. The molecule has 6 nitrogen and oxygen atoms in total. The number of amides is 2. The number of hydrogen-bond donors (Lipinski definition) is 2. The molecule has 0 saturated carbocycles. The highest BCUT2D eigenvalue weighted by Gasteiger charge is 2.11. The Morgan fingerprint density at radius 1 is 1.14 bits per heavy atom. The van der Waals surface area contributed by atoms with Crippen molar-refractivity contribution in [2.45, 2.75) is 27.2 Å². The maximum absolute atomic E-state index is 11.9. The summed E-state index contributed by atoms with van der Waals surface area (Å²) in [6.45, 7) is 5.72. The molecule has 1 aromatic carbocycles. The smallest absolute Gasteiger partial charge is 0.294 e. The second kappa shape index (κ2) is 6.89. The van der Waals surface area contributed by atoms with Gasteiger partial charge in [0.25, 0.3) is 5.91 Å². The summed E-state index contributed by atoms with van der Waals surface area (Å²) in [5.74, 6) is 0.0804. The van der Waals surface area contributed by atoms with Crippen molar-refractivity contribution in [2.75, 3.05) is 10.6 Å². The molecule has 2 rings (SSSR count). The molecule has 0 radical (unpaired) electrons. The van der Waals surface area contributed by atoms with Crippen LogP contribution < -0.4 is 10.6 Å². The van der Waals surface area contributed by atoms with E-state index in [-0.39, 0.29) is 17.6 Å². The zero-order valence-corrected chi connectivity index (χ0v) is 12.8. The third-order valence-electron chi connectivity index (χ3n) is 2.87. The minimum Gasteiger partial charge on any atom is -0.351 e. The van der Waals surface area contributed by atoms with E-state index in [4.69, 9.17) is 4.52 Å². The maximum Gasteiger partial charge on any atom is 0.294 e. The second-order valence-electron chi connectivity index (χ2n) is 5.51. The van der Waals surface area contributed by atoms with Crippen molar-refractivity contribution in [3.8, 4) is 0 Å². The van der Waals surface area contributed by atoms with Gasteiger partial charge in [0.2, 0.25) is 11.7 Å². The molecule has 0 bridgehead atoms. The number of hydrogen-bond acceptors (Lipinski definition) is 4. The fraction of sp³-hybridized carbons (Fsp3) is 0.312. The molecule has 2 amide bonds. The van der Waals surface area contributed by atoms with Gasteiger partial charge in [0.15, 0.2) is 0 Å². The number of aryl methyl sites for hydroxylation is 1. The van der Waals surface area contributed by atoms with Gasteiger partial charge in [-0.1, -0.05) is 19.0 Å². The molecule has 116 valence electrons. The van der Waals surface area contributed by atoms with Crippen molar-refractivity contribution in [1.29, 1.82) is 0 Å². The summed E-state index contributed by atoms with van der Waals surface area (Å²) in [4.78, 5) is 23.6. The van der Waals surface area contributed by atoms with Crippen LogP contribution in [-0.4, -0.2) is 17.0 Å². The number of carbonyl (C=O) groups excluding carboxylic acids is 2. The van der Waals surface area contributed by atoms with E-state index < -0.39 is 0 Å². The number of carbonyl (C=O) groups is 2. The Kier molecular flexibility index (Phi) is 4.93. The molecule has 0 atom stereocenters. The molecule has 0 unspecified atom stereocenters. The van der Waals surface area contributed by atoms with Gasteiger partial charge in [-0.05, 0) is 37.1 Å². The van der Waals surface area contributed by atoms with Crippen molar-refractivity contribution < 1.29 is 14.1 Å². The second-order valence-corrected chi connectivity index (χ2v) is 5.51. The fourth-order valence-corrected chi connectivity index (χ4v) is 1.88. The molecule has 1 heterocycles. The van der Waals surface area contributed by atoms with Crippen molar-refractivity contribution in [1.82, 2.24) is 5.16 Å². The van der Waals surface area contributed by atoms with Crippen molar-refractivity contribution >= 4 is 23.2 Å². The number of aromatic nitrogens is 1. The van der Waals surface area contributed by atoms with Crippen LogP contribution in [0.5, 0.6) is 0 Å². The van der Waals surface area contributed by atoms with Crippen LogP contribution >= 0.6 is 0 Å². The van der Waals surface area contributed by atoms with Crippen molar-refractivity contribution in [3.63, 3.8) is 0 Å². The summed E-state index contributed by atoms with van der Waals surface area (Å²) in [6, 6.07) is 8.47. The van der Waals surface area contributed by atoms with Gasteiger partial charge >= 0.3 is 0 Å². The van der Waals surface area contributed by atoms with Crippen LogP contribution in [-0.2, 0) is 4.79 Å². The molecule has 0 aliphatic rings. The predicted molar refractivity (Wildman–Crippen MR) is 83.7 cm³/mol.